The quantitative estimate of drug-likeness (QED) is 0.0222. The Hall–Kier alpha value is -0.690. The summed E-state index contributed by atoms with van der Waals surface area (Å²) >= 11 is 0.794. The molecule has 0 aromatic heterocycles. The van der Waals surface area contributed by atoms with E-state index in [2.05, 4.69) is 32.7 Å². The van der Waals surface area contributed by atoms with Gasteiger partial charge in [-0.2, -0.15) is 17.3 Å². The third kappa shape index (κ3) is 12.0. The van der Waals surface area contributed by atoms with Crippen molar-refractivity contribution in [2.45, 2.75) is 74.0 Å². The molecule has 21 heteroatoms. The number of allylic oxidation sites excluding steroid dienone is 4. The van der Waals surface area contributed by atoms with Crippen LogP contribution in [0, 0.1) is 0 Å². The topological polar surface area (TPSA) is 217 Å². The molecule has 0 aliphatic carbocycles. The summed E-state index contributed by atoms with van der Waals surface area (Å²) in [4.78, 5) is 2.47. The molecule has 4 aromatic rings. The van der Waals surface area contributed by atoms with Crippen LogP contribution in [0.25, 0.3) is 21.5 Å². The van der Waals surface area contributed by atoms with Gasteiger partial charge in [0.2, 0.25) is 5.69 Å². The van der Waals surface area contributed by atoms with Gasteiger partial charge in [-0.05, 0) is 103 Å². The predicted octanol–water partition coefficient (Wildman–Crippen LogP) is -3.25. The van der Waals surface area contributed by atoms with Gasteiger partial charge in [-0.25, -0.2) is 16.8 Å². The molecule has 0 spiro atoms. The molecule has 0 radical (unpaired) electrons. The Bertz CT molecular complexity index is 2690. The molecule has 0 unspecified atom stereocenters. The summed E-state index contributed by atoms with van der Waals surface area (Å²) in [7, 11) is -13.2. The number of unbranched alkanes of at least 4 members (excludes halogenated alkanes) is 2. The van der Waals surface area contributed by atoms with Gasteiger partial charge in [0, 0.05) is 58.1 Å². The van der Waals surface area contributed by atoms with E-state index in [4.69, 9.17) is 0 Å². The van der Waals surface area contributed by atoms with Gasteiger partial charge in [-0.1, -0.05) is 38.1 Å². The molecule has 0 amide bonds. The number of anilines is 1. The first kappa shape index (κ1) is 53.6. The van der Waals surface area contributed by atoms with Crippen LogP contribution < -0.4 is 98.8 Å². The van der Waals surface area contributed by atoms with Crippen LogP contribution in [0.1, 0.15) is 64.5 Å². The van der Waals surface area contributed by atoms with Gasteiger partial charge in [0.25, 0.3) is 10.1 Å². The molecule has 4 aromatic carbocycles. The van der Waals surface area contributed by atoms with Crippen LogP contribution in [0.5, 0.6) is 0 Å². The average molecular weight is 928 g/mol. The molecular weight excluding hydrogens is 886 g/mol. The van der Waals surface area contributed by atoms with Gasteiger partial charge in [0.1, 0.15) is 16.7 Å². The van der Waals surface area contributed by atoms with Gasteiger partial charge < -0.3 is 19.3 Å². The van der Waals surface area contributed by atoms with E-state index < -0.39 is 46.9 Å². The van der Waals surface area contributed by atoms with Crippen molar-refractivity contribution >= 4 is 81.0 Å². The molecule has 0 fully saturated rings. The van der Waals surface area contributed by atoms with E-state index in [9.17, 15) is 44.2 Å². The van der Waals surface area contributed by atoms with Crippen LogP contribution in [0.4, 0.5) is 11.4 Å². The summed E-state index contributed by atoms with van der Waals surface area (Å²) in [6.45, 7) is 9.10. The monoisotopic (exact) mass is 927 g/mol. The Morgan fingerprint density at radius 3 is 2.07 bits per heavy atom. The minimum Gasteiger partial charge on any atom is -0.748 e. The van der Waals surface area contributed by atoms with Crippen molar-refractivity contribution in [3.8, 4) is 0 Å². The van der Waals surface area contributed by atoms with Crippen LogP contribution in [-0.2, 0) is 50.6 Å². The van der Waals surface area contributed by atoms with E-state index >= 15 is 0 Å². The van der Waals surface area contributed by atoms with Crippen LogP contribution in [0.2, 0.25) is 0 Å². The van der Waals surface area contributed by atoms with Gasteiger partial charge >= 0.3 is 88.7 Å². The Morgan fingerprint density at radius 2 is 1.42 bits per heavy atom. The second-order valence-electron chi connectivity index (χ2n) is 15.2. The standard InChI is InChI=1S/C39H44N2O12S4.3Na/c1-38(2)34(40(20-5-7-22-55(43,44)45)32-18-12-26-24-28(54-53-52-42)14-16-30(26)36(32)38)10-9-11-35-39(3,4)37-31-17-15-29(57(49,50)51)25-27(31)13-19-33(37)41(35)21-6-8-23-56(46,47)48;;;/h9-19,24-25H,5-8,20-23H2,1-4H3,(H3-,42,43,44,45,46,47,48,49,50,51);;;/q;3*+1/p-2. The van der Waals surface area contributed by atoms with Crippen LogP contribution in [0.3, 0.4) is 0 Å². The smallest absolute Gasteiger partial charge is 0.748 e. The minimum atomic E-state index is -4.69. The molecule has 2 aliphatic heterocycles. The largest absolute Gasteiger partial charge is 1.00 e. The predicted molar refractivity (Wildman–Crippen MR) is 214 cm³/mol. The Labute approximate surface area is 422 Å². The Morgan fingerprint density at radius 1 is 0.783 bits per heavy atom. The van der Waals surface area contributed by atoms with Crippen molar-refractivity contribution in [3.05, 3.63) is 95.7 Å². The number of hydrogen-bond acceptors (Lipinski definition) is 13. The second kappa shape index (κ2) is 21.1. The zero-order valence-corrected chi connectivity index (χ0v) is 43.9. The average Bonchev–Trinajstić information content (AvgIpc) is 3.47. The first-order valence-corrected chi connectivity index (χ1v) is 23.4. The molecule has 2 heterocycles. The molecule has 0 bridgehead atoms. The van der Waals surface area contributed by atoms with E-state index in [1.807, 2.05) is 68.5 Å². The van der Waals surface area contributed by atoms with Crippen LogP contribution in [0.15, 0.2) is 94.4 Å². The summed E-state index contributed by atoms with van der Waals surface area (Å²) < 4.78 is 109. The fourth-order valence-corrected chi connectivity index (χ4v) is 10.3. The second-order valence-corrected chi connectivity index (χ2v) is 20.4. The molecule has 2 aliphatic rings. The van der Waals surface area contributed by atoms with Crippen molar-refractivity contribution < 1.29 is 147 Å². The van der Waals surface area contributed by atoms with Gasteiger partial charge in [0.15, 0.2) is 5.71 Å². The zero-order valence-electron chi connectivity index (χ0n) is 34.6. The molecule has 14 nitrogen and oxygen atoms in total. The van der Waals surface area contributed by atoms with Gasteiger partial charge in [-0.3, -0.25) is 9.59 Å². The van der Waals surface area contributed by atoms with E-state index in [1.54, 1.807) is 12.1 Å². The molecule has 60 heavy (non-hydrogen) atoms. The van der Waals surface area contributed by atoms with E-state index in [0.717, 1.165) is 62.1 Å². The van der Waals surface area contributed by atoms with Crippen LogP contribution in [-0.4, -0.2) is 73.8 Å². The SMILES string of the molecule is CC1(C)C(C=C/C=C2/N(CCCCS(=O)(=O)O)c3ccc4cc(SOO[O-])ccc4c3C2(C)C)=[N+](CCCCS(=O)(=O)[O-])c2ccc3cc(S(=O)(=O)[O-])ccc3c21.[Na+].[Na+].[Na+]. The van der Waals surface area contributed by atoms with E-state index in [1.165, 1.54) is 12.1 Å². The number of hydrogen-bond donors (Lipinski definition) is 1. The van der Waals surface area contributed by atoms with Crippen molar-refractivity contribution in [3.63, 3.8) is 0 Å². The molecule has 0 atom stereocenters. The number of rotatable bonds is 16. The molecule has 306 valence electrons. The number of nitrogens with zero attached hydrogens (tertiary/aromatic N) is 2. The van der Waals surface area contributed by atoms with Crippen molar-refractivity contribution in [1.82, 2.24) is 0 Å². The summed E-state index contributed by atoms with van der Waals surface area (Å²) in [6.07, 6.45) is 7.19. The van der Waals surface area contributed by atoms with Crippen molar-refractivity contribution in [2.24, 2.45) is 0 Å². The first-order valence-electron chi connectivity index (χ1n) is 18.1. The summed E-state index contributed by atoms with van der Waals surface area (Å²) in [6, 6.07) is 17.5. The Balaban J connectivity index is 0.00000320. The molecule has 0 saturated heterocycles. The maximum atomic E-state index is 11.8. The van der Waals surface area contributed by atoms with E-state index in [-0.39, 0.29) is 112 Å². The zero-order chi connectivity index (χ0) is 41.6. The first-order chi connectivity index (χ1) is 26.6. The number of fused-ring (bicyclic) bond motifs is 6. The maximum Gasteiger partial charge on any atom is 1.00 e. The fourth-order valence-electron chi connectivity index (χ4n) is 8.22. The summed E-state index contributed by atoms with van der Waals surface area (Å²) in [5, 5.41) is 17.1. The summed E-state index contributed by atoms with van der Waals surface area (Å²) in [5.41, 5.74) is 4.24. The van der Waals surface area contributed by atoms with Gasteiger partial charge in [-0.15, -0.1) is 0 Å². The third-order valence-corrected chi connectivity index (χ3v) is 13.6. The van der Waals surface area contributed by atoms with Gasteiger partial charge in [0.05, 0.1) is 38.2 Å². The number of benzene rings is 4. The molecule has 6 rings (SSSR count). The molecule has 1 N–H and O–H groups in total. The van der Waals surface area contributed by atoms with E-state index in [0.29, 0.717) is 36.2 Å². The Kier molecular flexibility index (Phi) is 18.9. The molecular formula is C39H42N2Na3O12S4+. The third-order valence-electron chi connectivity index (χ3n) is 10.6. The van der Waals surface area contributed by atoms with Crippen molar-refractivity contribution in [2.75, 3.05) is 29.5 Å². The fraction of sp³-hybridized carbons (Fsp3) is 0.359. The maximum absolute atomic E-state index is 11.8. The van der Waals surface area contributed by atoms with Crippen LogP contribution >= 0.6 is 12.0 Å². The van der Waals surface area contributed by atoms with Crippen molar-refractivity contribution in [1.29, 1.82) is 0 Å². The molecule has 0 saturated carbocycles. The minimum absolute atomic E-state index is 0. The summed E-state index contributed by atoms with van der Waals surface area (Å²) in [5.74, 6) is -0.859. The normalized spacial score (nSPS) is 16.5.